The fraction of sp³-hybridized carbons (Fsp3) is 0.375. The molecule has 2 aromatic rings. The molecule has 0 aliphatic carbocycles. The molecule has 3 rings (SSSR count). The van der Waals surface area contributed by atoms with Crippen molar-refractivity contribution in [3.05, 3.63) is 35.5 Å². The number of halogens is 3. The van der Waals surface area contributed by atoms with Crippen LogP contribution in [0.5, 0.6) is 0 Å². The molecule has 6 nitrogen and oxygen atoms in total. The van der Waals surface area contributed by atoms with E-state index in [1.807, 2.05) is 31.2 Å². The predicted octanol–water partition coefficient (Wildman–Crippen LogP) is 2.20. The van der Waals surface area contributed by atoms with E-state index in [0.29, 0.717) is 5.69 Å². The molecule has 4 N–H and O–H groups in total. The van der Waals surface area contributed by atoms with Crippen LogP contribution in [0.4, 0.5) is 13.2 Å². The van der Waals surface area contributed by atoms with Gasteiger partial charge in [0.1, 0.15) is 5.69 Å². The van der Waals surface area contributed by atoms with Gasteiger partial charge in [-0.1, -0.05) is 18.2 Å². The van der Waals surface area contributed by atoms with E-state index in [4.69, 9.17) is 9.90 Å². The zero-order valence-corrected chi connectivity index (χ0v) is 13.4. The van der Waals surface area contributed by atoms with E-state index < -0.39 is 12.1 Å². The third kappa shape index (κ3) is 4.72. The molecule has 1 aromatic heterocycles. The third-order valence-electron chi connectivity index (χ3n) is 3.83. The number of carbonyl (C=O) groups is 2. The van der Waals surface area contributed by atoms with Gasteiger partial charge in [0.25, 0.3) is 5.91 Å². The number of benzene rings is 1. The number of carbonyl (C=O) groups excluding carboxylic acids is 1. The van der Waals surface area contributed by atoms with E-state index in [9.17, 15) is 18.0 Å². The van der Waals surface area contributed by atoms with Gasteiger partial charge in [0.15, 0.2) is 0 Å². The van der Waals surface area contributed by atoms with E-state index in [1.165, 1.54) is 0 Å². The lowest BCUT2D eigenvalue weighted by atomic mass is 10.1. The molecule has 1 atom stereocenters. The summed E-state index contributed by atoms with van der Waals surface area (Å²) in [6, 6.07) is 8.25. The van der Waals surface area contributed by atoms with Gasteiger partial charge in [-0.15, -0.1) is 0 Å². The third-order valence-corrected chi connectivity index (χ3v) is 3.83. The highest BCUT2D eigenvalue weighted by atomic mass is 19.4. The van der Waals surface area contributed by atoms with Crippen molar-refractivity contribution in [2.75, 3.05) is 13.1 Å². The largest absolute Gasteiger partial charge is 0.490 e. The molecule has 136 valence electrons. The van der Waals surface area contributed by atoms with E-state index in [2.05, 4.69) is 15.6 Å². The molecule has 0 saturated carbocycles. The highest BCUT2D eigenvalue weighted by Crippen LogP contribution is 2.21. The molecular weight excluding hydrogens is 339 g/mol. The summed E-state index contributed by atoms with van der Waals surface area (Å²) in [5.74, 6) is -2.76. The van der Waals surface area contributed by atoms with Crippen LogP contribution in [0.3, 0.4) is 0 Å². The van der Waals surface area contributed by atoms with Gasteiger partial charge in [-0.2, -0.15) is 13.2 Å². The van der Waals surface area contributed by atoms with Gasteiger partial charge in [-0.05, 0) is 31.5 Å². The van der Waals surface area contributed by atoms with Crippen molar-refractivity contribution in [2.45, 2.75) is 25.6 Å². The number of aryl methyl sites for hydroxylation is 1. The summed E-state index contributed by atoms with van der Waals surface area (Å²) in [6.07, 6.45) is -4.08. The molecule has 0 bridgehead atoms. The van der Waals surface area contributed by atoms with E-state index in [1.54, 1.807) is 0 Å². The lowest BCUT2D eigenvalue weighted by molar-refractivity contribution is -0.192. The second kappa shape index (κ2) is 7.56. The molecule has 9 heteroatoms. The fourth-order valence-electron chi connectivity index (χ4n) is 2.54. The minimum atomic E-state index is -5.08. The second-order valence-electron chi connectivity index (χ2n) is 5.64. The Morgan fingerprint density at radius 3 is 2.44 bits per heavy atom. The van der Waals surface area contributed by atoms with Crippen molar-refractivity contribution in [2.24, 2.45) is 0 Å². The predicted molar refractivity (Wildman–Crippen MR) is 85.5 cm³/mol. The quantitative estimate of drug-likeness (QED) is 0.663. The second-order valence-corrected chi connectivity index (χ2v) is 5.64. The van der Waals surface area contributed by atoms with Gasteiger partial charge < -0.3 is 20.7 Å². The van der Waals surface area contributed by atoms with Crippen molar-refractivity contribution in [3.8, 4) is 0 Å². The molecule has 1 fully saturated rings. The minimum absolute atomic E-state index is 0.00241. The van der Waals surface area contributed by atoms with Crippen LogP contribution >= 0.6 is 0 Å². The van der Waals surface area contributed by atoms with Crippen LogP contribution in [0.15, 0.2) is 24.3 Å². The van der Waals surface area contributed by atoms with Crippen LogP contribution in [0.2, 0.25) is 0 Å². The Balaban J connectivity index is 0.000000277. The number of rotatable bonds is 2. The highest BCUT2D eigenvalue weighted by Gasteiger charge is 2.38. The molecule has 1 aromatic carbocycles. The number of fused-ring (bicyclic) bond motifs is 1. The molecular formula is C16H18F3N3O3. The smallest absolute Gasteiger partial charge is 0.475 e. The molecule has 2 heterocycles. The molecule has 1 saturated heterocycles. The summed E-state index contributed by atoms with van der Waals surface area (Å²) in [4.78, 5) is 24.3. The summed E-state index contributed by atoms with van der Waals surface area (Å²) in [6.45, 7) is 3.84. The van der Waals surface area contributed by atoms with Crippen LogP contribution in [-0.4, -0.2) is 47.3 Å². The molecule has 0 unspecified atom stereocenters. The lowest BCUT2D eigenvalue weighted by Gasteiger charge is -2.10. The van der Waals surface area contributed by atoms with Crippen molar-refractivity contribution in [1.82, 2.24) is 15.6 Å². The van der Waals surface area contributed by atoms with Gasteiger partial charge in [0.05, 0.1) is 0 Å². The zero-order valence-electron chi connectivity index (χ0n) is 13.4. The Bertz CT molecular complexity index is 765. The first kappa shape index (κ1) is 18.8. The highest BCUT2D eigenvalue weighted by molar-refractivity contribution is 6.00. The van der Waals surface area contributed by atoms with Crippen LogP contribution in [0, 0.1) is 6.92 Å². The molecule has 1 aliphatic rings. The van der Waals surface area contributed by atoms with E-state index in [-0.39, 0.29) is 11.9 Å². The normalized spacial score (nSPS) is 17.0. The Labute approximate surface area is 141 Å². The van der Waals surface area contributed by atoms with Crippen molar-refractivity contribution < 1.29 is 27.9 Å². The van der Waals surface area contributed by atoms with Gasteiger partial charge in [-0.3, -0.25) is 4.79 Å². The van der Waals surface area contributed by atoms with Gasteiger partial charge in [0, 0.05) is 23.5 Å². The fourth-order valence-corrected chi connectivity index (χ4v) is 2.54. The number of alkyl halides is 3. The number of hydrogen-bond acceptors (Lipinski definition) is 3. The zero-order chi connectivity index (χ0) is 18.6. The van der Waals surface area contributed by atoms with E-state index in [0.717, 1.165) is 36.0 Å². The van der Waals surface area contributed by atoms with Crippen LogP contribution in [-0.2, 0) is 4.79 Å². The first-order chi connectivity index (χ1) is 11.7. The Morgan fingerprint density at radius 2 is 1.92 bits per heavy atom. The van der Waals surface area contributed by atoms with Crippen LogP contribution in [0.1, 0.15) is 22.5 Å². The number of carboxylic acids is 1. The van der Waals surface area contributed by atoms with Crippen LogP contribution in [0.25, 0.3) is 10.9 Å². The average molecular weight is 357 g/mol. The van der Waals surface area contributed by atoms with E-state index >= 15 is 0 Å². The van der Waals surface area contributed by atoms with Crippen molar-refractivity contribution >= 4 is 22.8 Å². The average Bonchev–Trinajstić information content (AvgIpc) is 3.15. The summed E-state index contributed by atoms with van der Waals surface area (Å²) in [7, 11) is 0. The minimum Gasteiger partial charge on any atom is -0.475 e. The number of nitrogens with one attached hydrogen (secondary N) is 3. The summed E-state index contributed by atoms with van der Waals surface area (Å²) in [5.41, 5.74) is 2.72. The number of aliphatic carboxylic acids is 1. The summed E-state index contributed by atoms with van der Waals surface area (Å²) in [5, 5.41) is 14.6. The maximum atomic E-state index is 12.2. The number of amides is 1. The molecule has 25 heavy (non-hydrogen) atoms. The molecule has 0 radical (unpaired) electrons. The number of carboxylic acid groups (broad SMARTS) is 1. The number of para-hydroxylation sites is 1. The maximum absolute atomic E-state index is 12.2. The Hall–Kier alpha value is -2.55. The lowest BCUT2D eigenvalue weighted by Crippen LogP contribution is -2.36. The molecule has 1 aliphatic heterocycles. The van der Waals surface area contributed by atoms with Crippen molar-refractivity contribution in [1.29, 1.82) is 0 Å². The molecule has 1 amide bonds. The summed E-state index contributed by atoms with van der Waals surface area (Å²) < 4.78 is 31.7. The number of aromatic nitrogens is 1. The molecule has 0 spiro atoms. The Morgan fingerprint density at radius 1 is 1.28 bits per heavy atom. The maximum Gasteiger partial charge on any atom is 0.490 e. The first-order valence-corrected chi connectivity index (χ1v) is 7.59. The standard InChI is InChI=1S/C14H17N3O.C2HF3O2/c1-9-11-4-2-3-5-12(11)17-13(9)14(18)16-10-6-7-15-8-10;3-2(4,5)1(6)7/h2-5,10,15,17H,6-8H2,1H3,(H,16,18);(H,6,7)/t10-;/m1./s1. The SMILES string of the molecule is Cc1c(C(=O)N[C@@H]2CCNC2)[nH]c2ccccc12.O=C(O)C(F)(F)F. The first-order valence-electron chi connectivity index (χ1n) is 7.59. The number of H-pyrrole nitrogens is 1. The van der Waals surface area contributed by atoms with Crippen LogP contribution < -0.4 is 10.6 Å². The van der Waals surface area contributed by atoms with Gasteiger partial charge in [0.2, 0.25) is 0 Å². The van der Waals surface area contributed by atoms with Gasteiger partial charge >= 0.3 is 12.1 Å². The Kier molecular flexibility index (Phi) is 5.68. The summed E-state index contributed by atoms with van der Waals surface area (Å²) >= 11 is 0. The number of hydrogen-bond donors (Lipinski definition) is 4. The monoisotopic (exact) mass is 357 g/mol. The number of aromatic amines is 1. The van der Waals surface area contributed by atoms with Crippen molar-refractivity contribution in [3.63, 3.8) is 0 Å². The van der Waals surface area contributed by atoms with Gasteiger partial charge in [-0.25, -0.2) is 4.79 Å². The topological polar surface area (TPSA) is 94.2 Å².